The van der Waals surface area contributed by atoms with Gasteiger partial charge in [-0.05, 0) is 20.8 Å². The molecule has 0 aliphatic heterocycles. The fourth-order valence-corrected chi connectivity index (χ4v) is 0.776. The Hall–Kier alpha value is -0.160. The van der Waals surface area contributed by atoms with Gasteiger partial charge in [-0.25, -0.2) is 0 Å². The minimum Gasteiger partial charge on any atom is -0.389 e. The van der Waals surface area contributed by atoms with Crippen molar-refractivity contribution < 1.29 is 9.84 Å². The molecule has 0 bridgehead atoms. The summed E-state index contributed by atoms with van der Waals surface area (Å²) >= 11 is 0. The maximum absolute atomic E-state index is 9.41. The standard InChI is InChI=1S/C9H22N2O2/c1-9(2,3)13-7-8(12)6-11-5-4-10/h8,11-12H,4-7,10H2,1-3H3. The Morgan fingerprint density at radius 3 is 2.54 bits per heavy atom. The molecule has 0 fully saturated rings. The van der Waals surface area contributed by atoms with E-state index in [1.807, 2.05) is 20.8 Å². The van der Waals surface area contributed by atoms with Gasteiger partial charge in [0, 0.05) is 19.6 Å². The highest BCUT2D eigenvalue weighted by molar-refractivity contribution is 4.63. The highest BCUT2D eigenvalue weighted by Gasteiger charge is 2.12. The summed E-state index contributed by atoms with van der Waals surface area (Å²) < 4.78 is 5.40. The number of nitrogens with one attached hydrogen (secondary N) is 1. The van der Waals surface area contributed by atoms with E-state index in [2.05, 4.69) is 5.32 Å². The molecule has 0 saturated carbocycles. The zero-order chi connectivity index (χ0) is 10.3. The Morgan fingerprint density at radius 1 is 1.46 bits per heavy atom. The summed E-state index contributed by atoms with van der Waals surface area (Å²) in [4.78, 5) is 0. The van der Waals surface area contributed by atoms with E-state index in [-0.39, 0.29) is 5.60 Å². The predicted molar refractivity (Wildman–Crippen MR) is 53.6 cm³/mol. The largest absolute Gasteiger partial charge is 0.389 e. The molecule has 1 unspecified atom stereocenters. The zero-order valence-corrected chi connectivity index (χ0v) is 8.84. The minimum atomic E-state index is -0.453. The molecule has 0 spiro atoms. The molecule has 13 heavy (non-hydrogen) atoms. The average Bonchev–Trinajstić information content (AvgIpc) is 2.00. The zero-order valence-electron chi connectivity index (χ0n) is 8.84. The molecule has 0 aromatic carbocycles. The van der Waals surface area contributed by atoms with Gasteiger partial charge >= 0.3 is 0 Å². The third-order valence-corrected chi connectivity index (χ3v) is 1.41. The Bertz CT molecular complexity index is 123. The number of hydrogen-bond donors (Lipinski definition) is 3. The molecule has 0 heterocycles. The lowest BCUT2D eigenvalue weighted by Gasteiger charge is -2.22. The van der Waals surface area contributed by atoms with Crippen molar-refractivity contribution in [2.24, 2.45) is 5.73 Å². The first-order valence-electron chi connectivity index (χ1n) is 4.68. The molecule has 0 aromatic heterocycles. The van der Waals surface area contributed by atoms with Crippen molar-refractivity contribution >= 4 is 0 Å². The Morgan fingerprint density at radius 2 is 2.08 bits per heavy atom. The van der Waals surface area contributed by atoms with Gasteiger partial charge in [-0.2, -0.15) is 0 Å². The molecular formula is C9H22N2O2. The molecule has 0 aromatic rings. The summed E-state index contributed by atoms with van der Waals surface area (Å²) in [6.45, 7) is 8.11. The molecule has 0 rings (SSSR count). The third-order valence-electron chi connectivity index (χ3n) is 1.41. The van der Waals surface area contributed by atoms with Crippen LogP contribution in [0.3, 0.4) is 0 Å². The van der Waals surface area contributed by atoms with Gasteiger partial charge in [-0.3, -0.25) is 0 Å². The molecule has 0 saturated heterocycles. The van der Waals surface area contributed by atoms with Crippen LogP contribution in [0.4, 0.5) is 0 Å². The van der Waals surface area contributed by atoms with Gasteiger partial charge < -0.3 is 20.9 Å². The molecule has 0 amide bonds. The number of aliphatic hydroxyl groups is 1. The Labute approximate surface area is 80.5 Å². The number of rotatable bonds is 6. The van der Waals surface area contributed by atoms with Gasteiger partial charge in [0.1, 0.15) is 0 Å². The lowest BCUT2D eigenvalue weighted by Crippen LogP contribution is -2.35. The average molecular weight is 190 g/mol. The molecule has 4 N–H and O–H groups in total. The molecule has 4 nitrogen and oxygen atoms in total. The summed E-state index contributed by atoms with van der Waals surface area (Å²) in [6, 6.07) is 0. The third kappa shape index (κ3) is 9.76. The summed E-state index contributed by atoms with van der Waals surface area (Å²) in [7, 11) is 0. The van der Waals surface area contributed by atoms with E-state index in [0.717, 1.165) is 6.54 Å². The van der Waals surface area contributed by atoms with Crippen molar-refractivity contribution in [1.29, 1.82) is 0 Å². The van der Waals surface area contributed by atoms with Crippen molar-refractivity contribution in [3.8, 4) is 0 Å². The van der Waals surface area contributed by atoms with E-state index >= 15 is 0 Å². The van der Waals surface area contributed by atoms with E-state index < -0.39 is 6.10 Å². The second-order valence-corrected chi connectivity index (χ2v) is 4.07. The molecule has 0 aliphatic carbocycles. The van der Waals surface area contributed by atoms with Gasteiger partial charge in [-0.15, -0.1) is 0 Å². The van der Waals surface area contributed by atoms with E-state index in [1.54, 1.807) is 0 Å². The fourth-order valence-electron chi connectivity index (χ4n) is 0.776. The summed E-state index contributed by atoms with van der Waals surface area (Å²) in [5.41, 5.74) is 5.10. The lowest BCUT2D eigenvalue weighted by atomic mass is 10.2. The first kappa shape index (κ1) is 12.8. The Balaban J connectivity index is 3.35. The van der Waals surface area contributed by atoms with E-state index in [1.165, 1.54) is 0 Å². The smallest absolute Gasteiger partial charge is 0.0897 e. The Kier molecular flexibility index (Phi) is 6.24. The van der Waals surface area contributed by atoms with Gasteiger partial charge in [0.25, 0.3) is 0 Å². The molecule has 0 aliphatic rings. The maximum Gasteiger partial charge on any atom is 0.0897 e. The van der Waals surface area contributed by atoms with Crippen molar-refractivity contribution in [1.82, 2.24) is 5.32 Å². The first-order chi connectivity index (χ1) is 5.95. The van der Waals surface area contributed by atoms with Crippen LogP contribution < -0.4 is 11.1 Å². The van der Waals surface area contributed by atoms with Crippen LogP contribution in [0.25, 0.3) is 0 Å². The van der Waals surface area contributed by atoms with Crippen LogP contribution in [-0.2, 0) is 4.74 Å². The number of nitrogens with two attached hydrogens (primary N) is 1. The van der Waals surface area contributed by atoms with E-state index in [0.29, 0.717) is 19.7 Å². The molecule has 4 heteroatoms. The topological polar surface area (TPSA) is 67.5 Å². The molecular weight excluding hydrogens is 168 g/mol. The van der Waals surface area contributed by atoms with Gasteiger partial charge in [0.15, 0.2) is 0 Å². The quantitative estimate of drug-likeness (QED) is 0.504. The highest BCUT2D eigenvalue weighted by Crippen LogP contribution is 2.06. The van der Waals surface area contributed by atoms with Crippen LogP contribution in [0.5, 0.6) is 0 Å². The monoisotopic (exact) mass is 190 g/mol. The van der Waals surface area contributed by atoms with Crippen LogP contribution >= 0.6 is 0 Å². The van der Waals surface area contributed by atoms with Gasteiger partial charge in [-0.1, -0.05) is 0 Å². The van der Waals surface area contributed by atoms with E-state index in [9.17, 15) is 5.11 Å². The lowest BCUT2D eigenvalue weighted by molar-refractivity contribution is -0.0477. The van der Waals surface area contributed by atoms with Crippen LogP contribution in [0.2, 0.25) is 0 Å². The number of ether oxygens (including phenoxy) is 1. The van der Waals surface area contributed by atoms with Crippen LogP contribution in [0.15, 0.2) is 0 Å². The highest BCUT2D eigenvalue weighted by atomic mass is 16.5. The van der Waals surface area contributed by atoms with Crippen molar-refractivity contribution in [2.45, 2.75) is 32.5 Å². The van der Waals surface area contributed by atoms with Gasteiger partial charge in [0.2, 0.25) is 0 Å². The van der Waals surface area contributed by atoms with Crippen molar-refractivity contribution in [3.63, 3.8) is 0 Å². The van der Waals surface area contributed by atoms with E-state index in [4.69, 9.17) is 10.5 Å². The fraction of sp³-hybridized carbons (Fsp3) is 1.00. The first-order valence-corrected chi connectivity index (χ1v) is 4.68. The summed E-state index contributed by atoms with van der Waals surface area (Å²) in [6.07, 6.45) is -0.453. The van der Waals surface area contributed by atoms with Crippen LogP contribution in [-0.4, -0.2) is 43.1 Å². The van der Waals surface area contributed by atoms with Crippen LogP contribution in [0, 0.1) is 0 Å². The second-order valence-electron chi connectivity index (χ2n) is 4.07. The second kappa shape index (κ2) is 6.32. The summed E-state index contributed by atoms with van der Waals surface area (Å²) in [5, 5.41) is 12.4. The van der Waals surface area contributed by atoms with Crippen molar-refractivity contribution in [3.05, 3.63) is 0 Å². The molecule has 0 radical (unpaired) electrons. The molecule has 80 valence electrons. The number of hydrogen-bond acceptors (Lipinski definition) is 4. The minimum absolute atomic E-state index is 0.186. The number of aliphatic hydroxyl groups excluding tert-OH is 1. The maximum atomic E-state index is 9.41. The normalized spacial score (nSPS) is 14.5. The van der Waals surface area contributed by atoms with Crippen molar-refractivity contribution in [2.75, 3.05) is 26.2 Å². The summed E-state index contributed by atoms with van der Waals surface area (Å²) in [5.74, 6) is 0. The predicted octanol–water partition coefficient (Wildman–Crippen LogP) is -0.289. The van der Waals surface area contributed by atoms with Crippen LogP contribution in [0.1, 0.15) is 20.8 Å². The van der Waals surface area contributed by atoms with Gasteiger partial charge in [0.05, 0.1) is 18.3 Å². The SMILES string of the molecule is CC(C)(C)OCC(O)CNCCN. The molecule has 1 atom stereocenters.